The molecule has 0 aliphatic carbocycles. The Hall–Kier alpha value is -1.88. The predicted molar refractivity (Wildman–Crippen MR) is 81.0 cm³/mol. The first-order valence-corrected chi connectivity index (χ1v) is 7.63. The summed E-state index contributed by atoms with van der Waals surface area (Å²) >= 11 is 1.59. The third-order valence-corrected chi connectivity index (χ3v) is 4.60. The first-order valence-electron chi connectivity index (χ1n) is 6.75. The second-order valence-corrected chi connectivity index (χ2v) is 5.87. The zero-order valence-electron chi connectivity index (χ0n) is 11.3. The Labute approximate surface area is 122 Å². The standard InChI is InChI=1S/C15H17N3OS/c1-10-14(20-9-18-10)8-17-15(19)12-6-7-16-13-5-3-2-4-11(12)13/h2-5,9,12,16H,6-8H2,1H3,(H,17,19). The molecule has 1 aliphatic rings. The van der Waals surface area contributed by atoms with Crippen LogP contribution in [0, 0.1) is 6.92 Å². The van der Waals surface area contributed by atoms with Gasteiger partial charge < -0.3 is 10.6 Å². The molecule has 2 aromatic rings. The lowest BCUT2D eigenvalue weighted by Gasteiger charge is -2.25. The Morgan fingerprint density at radius 1 is 1.50 bits per heavy atom. The minimum Gasteiger partial charge on any atom is -0.385 e. The Morgan fingerprint density at radius 2 is 2.35 bits per heavy atom. The summed E-state index contributed by atoms with van der Waals surface area (Å²) in [4.78, 5) is 17.7. The molecule has 0 saturated carbocycles. The molecule has 1 amide bonds. The molecule has 1 aliphatic heterocycles. The molecule has 104 valence electrons. The normalized spacial score (nSPS) is 17.1. The Kier molecular flexibility index (Phi) is 3.69. The fourth-order valence-electron chi connectivity index (χ4n) is 2.53. The smallest absolute Gasteiger partial charge is 0.227 e. The van der Waals surface area contributed by atoms with Crippen LogP contribution in [0.25, 0.3) is 0 Å². The number of rotatable bonds is 3. The molecule has 0 spiro atoms. The summed E-state index contributed by atoms with van der Waals surface area (Å²) in [6.07, 6.45) is 0.838. The van der Waals surface area contributed by atoms with Crippen LogP contribution >= 0.6 is 11.3 Å². The molecule has 2 heterocycles. The number of aryl methyl sites for hydroxylation is 1. The number of thiazole rings is 1. The third-order valence-electron chi connectivity index (χ3n) is 3.67. The number of carbonyl (C=O) groups is 1. The largest absolute Gasteiger partial charge is 0.385 e. The second kappa shape index (κ2) is 5.63. The summed E-state index contributed by atoms with van der Waals surface area (Å²) in [5, 5.41) is 6.38. The zero-order chi connectivity index (χ0) is 13.9. The van der Waals surface area contributed by atoms with Crippen molar-refractivity contribution in [1.82, 2.24) is 10.3 Å². The van der Waals surface area contributed by atoms with Gasteiger partial charge in [-0.25, -0.2) is 4.98 Å². The van der Waals surface area contributed by atoms with Gasteiger partial charge in [-0.1, -0.05) is 18.2 Å². The van der Waals surface area contributed by atoms with Crippen LogP contribution in [-0.4, -0.2) is 17.4 Å². The highest BCUT2D eigenvalue weighted by Crippen LogP contribution is 2.31. The number of nitrogens with one attached hydrogen (secondary N) is 2. The molecule has 5 heteroatoms. The maximum Gasteiger partial charge on any atom is 0.227 e. The average Bonchev–Trinajstić information content (AvgIpc) is 2.89. The number of anilines is 1. The SMILES string of the molecule is Cc1ncsc1CNC(=O)C1CCNc2ccccc21. The summed E-state index contributed by atoms with van der Waals surface area (Å²) in [6.45, 7) is 3.38. The van der Waals surface area contributed by atoms with E-state index in [9.17, 15) is 4.79 Å². The predicted octanol–water partition coefficient (Wildman–Crippen LogP) is 2.67. The highest BCUT2D eigenvalue weighted by molar-refractivity contribution is 7.09. The number of nitrogens with zero attached hydrogens (tertiary/aromatic N) is 1. The van der Waals surface area contributed by atoms with Crippen molar-refractivity contribution in [1.29, 1.82) is 0 Å². The van der Waals surface area contributed by atoms with Gasteiger partial charge in [-0.3, -0.25) is 4.79 Å². The summed E-state index contributed by atoms with van der Waals surface area (Å²) in [7, 11) is 0. The van der Waals surface area contributed by atoms with E-state index < -0.39 is 0 Å². The number of hydrogen-bond donors (Lipinski definition) is 2. The lowest BCUT2D eigenvalue weighted by molar-refractivity contribution is -0.122. The number of benzene rings is 1. The maximum atomic E-state index is 12.4. The maximum absolute atomic E-state index is 12.4. The molecule has 0 saturated heterocycles. The summed E-state index contributed by atoms with van der Waals surface area (Å²) < 4.78 is 0. The van der Waals surface area contributed by atoms with Crippen molar-refractivity contribution in [2.45, 2.75) is 25.8 Å². The van der Waals surface area contributed by atoms with E-state index in [1.54, 1.807) is 11.3 Å². The number of aromatic nitrogens is 1. The van der Waals surface area contributed by atoms with Crippen LogP contribution in [0.2, 0.25) is 0 Å². The van der Waals surface area contributed by atoms with Gasteiger partial charge in [0.25, 0.3) is 0 Å². The van der Waals surface area contributed by atoms with Gasteiger partial charge in [0, 0.05) is 17.1 Å². The van der Waals surface area contributed by atoms with E-state index in [4.69, 9.17) is 0 Å². The van der Waals surface area contributed by atoms with E-state index >= 15 is 0 Å². The van der Waals surface area contributed by atoms with Crippen molar-refractivity contribution in [3.63, 3.8) is 0 Å². The van der Waals surface area contributed by atoms with E-state index in [0.29, 0.717) is 6.54 Å². The molecule has 1 atom stereocenters. The van der Waals surface area contributed by atoms with Crippen molar-refractivity contribution in [2.24, 2.45) is 0 Å². The van der Waals surface area contributed by atoms with Crippen LogP contribution in [0.3, 0.4) is 0 Å². The molecule has 0 radical (unpaired) electrons. The molecular formula is C15H17N3OS. The molecule has 2 N–H and O–H groups in total. The van der Waals surface area contributed by atoms with Gasteiger partial charge in [0.2, 0.25) is 5.91 Å². The lowest BCUT2D eigenvalue weighted by Crippen LogP contribution is -2.32. The van der Waals surface area contributed by atoms with Crippen molar-refractivity contribution in [2.75, 3.05) is 11.9 Å². The molecule has 1 aromatic heterocycles. The van der Waals surface area contributed by atoms with Crippen LogP contribution in [-0.2, 0) is 11.3 Å². The summed E-state index contributed by atoms with van der Waals surface area (Å²) in [5.41, 5.74) is 4.99. The van der Waals surface area contributed by atoms with E-state index in [-0.39, 0.29) is 11.8 Å². The van der Waals surface area contributed by atoms with Crippen LogP contribution in [0.15, 0.2) is 29.8 Å². The Morgan fingerprint density at radius 3 is 3.15 bits per heavy atom. The van der Waals surface area contributed by atoms with Gasteiger partial charge in [-0.05, 0) is 25.0 Å². The van der Waals surface area contributed by atoms with Gasteiger partial charge >= 0.3 is 0 Å². The van der Waals surface area contributed by atoms with Gasteiger partial charge in [-0.15, -0.1) is 11.3 Å². The number of hydrogen-bond acceptors (Lipinski definition) is 4. The number of amides is 1. The quantitative estimate of drug-likeness (QED) is 0.912. The van der Waals surface area contributed by atoms with E-state index in [1.807, 2.05) is 36.7 Å². The van der Waals surface area contributed by atoms with Gasteiger partial charge in [-0.2, -0.15) is 0 Å². The van der Waals surface area contributed by atoms with Crippen molar-refractivity contribution in [3.8, 4) is 0 Å². The minimum absolute atomic E-state index is 0.0549. The fraction of sp³-hybridized carbons (Fsp3) is 0.333. The Balaban J connectivity index is 1.71. The third kappa shape index (κ3) is 2.54. The number of para-hydroxylation sites is 1. The van der Waals surface area contributed by atoms with Crippen molar-refractivity contribution < 1.29 is 4.79 Å². The van der Waals surface area contributed by atoms with Crippen molar-refractivity contribution >= 4 is 22.9 Å². The van der Waals surface area contributed by atoms with E-state index in [0.717, 1.165) is 34.8 Å². The van der Waals surface area contributed by atoms with E-state index in [2.05, 4.69) is 15.6 Å². The average molecular weight is 287 g/mol. The van der Waals surface area contributed by atoms with Crippen LogP contribution < -0.4 is 10.6 Å². The van der Waals surface area contributed by atoms with Gasteiger partial charge in [0.15, 0.2) is 0 Å². The summed E-state index contributed by atoms with van der Waals surface area (Å²) in [6, 6.07) is 8.04. The first kappa shape index (κ1) is 13.1. The van der Waals surface area contributed by atoms with Gasteiger partial charge in [0.1, 0.15) is 0 Å². The molecule has 0 fully saturated rings. The first-order chi connectivity index (χ1) is 9.75. The number of fused-ring (bicyclic) bond motifs is 1. The minimum atomic E-state index is -0.0549. The second-order valence-electron chi connectivity index (χ2n) is 4.93. The molecule has 0 bridgehead atoms. The summed E-state index contributed by atoms with van der Waals surface area (Å²) in [5.74, 6) is 0.0485. The van der Waals surface area contributed by atoms with E-state index in [1.165, 1.54) is 0 Å². The van der Waals surface area contributed by atoms with Crippen LogP contribution in [0.5, 0.6) is 0 Å². The molecule has 1 aromatic carbocycles. The lowest BCUT2D eigenvalue weighted by atomic mass is 9.90. The highest BCUT2D eigenvalue weighted by atomic mass is 32.1. The highest BCUT2D eigenvalue weighted by Gasteiger charge is 2.25. The van der Waals surface area contributed by atoms with Gasteiger partial charge in [0.05, 0.1) is 23.7 Å². The van der Waals surface area contributed by atoms with Crippen LogP contribution in [0.4, 0.5) is 5.69 Å². The molecule has 1 unspecified atom stereocenters. The van der Waals surface area contributed by atoms with Crippen molar-refractivity contribution in [3.05, 3.63) is 45.9 Å². The molecule has 3 rings (SSSR count). The molecular weight excluding hydrogens is 270 g/mol. The topological polar surface area (TPSA) is 54.0 Å². The number of carbonyl (C=O) groups excluding carboxylic acids is 1. The Bertz CT molecular complexity index is 623. The monoisotopic (exact) mass is 287 g/mol. The molecule has 4 nitrogen and oxygen atoms in total. The van der Waals surface area contributed by atoms with Crippen LogP contribution in [0.1, 0.15) is 28.5 Å². The molecule has 20 heavy (non-hydrogen) atoms. The zero-order valence-corrected chi connectivity index (χ0v) is 12.2. The fourth-order valence-corrected chi connectivity index (χ4v) is 3.24.